The van der Waals surface area contributed by atoms with Crippen molar-refractivity contribution in [3.8, 4) is 11.5 Å². The van der Waals surface area contributed by atoms with Crippen LogP contribution in [0.15, 0.2) is 70.0 Å². The molecule has 3 aromatic rings. The average molecular weight is 494 g/mol. The van der Waals surface area contributed by atoms with Gasteiger partial charge in [0.2, 0.25) is 0 Å². The van der Waals surface area contributed by atoms with Gasteiger partial charge in [0.25, 0.3) is 10.0 Å². The normalized spacial score (nSPS) is 11.1. The Balaban J connectivity index is 2.03. The van der Waals surface area contributed by atoms with E-state index in [2.05, 4.69) is 20.7 Å². The van der Waals surface area contributed by atoms with Gasteiger partial charge in [0.15, 0.2) is 17.3 Å². The topological polar surface area (TPSA) is 81.7 Å². The SMILES string of the molecule is COc1ccc(S(=O)(=O)Nc2ccc(Br)cc2C(=O)c2ccccc2F)cc1OC. The Morgan fingerprint density at radius 2 is 1.63 bits per heavy atom. The highest BCUT2D eigenvalue weighted by atomic mass is 79.9. The van der Waals surface area contributed by atoms with Crippen LogP contribution in [0.4, 0.5) is 10.1 Å². The second-order valence-corrected chi connectivity index (χ2v) is 8.72. The number of methoxy groups -OCH3 is 2. The Hall–Kier alpha value is -2.91. The van der Waals surface area contributed by atoms with E-state index in [0.29, 0.717) is 10.2 Å². The van der Waals surface area contributed by atoms with E-state index in [1.165, 1.54) is 68.8 Å². The quantitative estimate of drug-likeness (QED) is 0.485. The van der Waals surface area contributed by atoms with Crippen molar-refractivity contribution in [1.29, 1.82) is 0 Å². The fourth-order valence-electron chi connectivity index (χ4n) is 2.77. The fourth-order valence-corrected chi connectivity index (χ4v) is 4.23. The lowest BCUT2D eigenvalue weighted by Crippen LogP contribution is -2.16. The number of hydrogen-bond acceptors (Lipinski definition) is 5. The maximum absolute atomic E-state index is 14.1. The van der Waals surface area contributed by atoms with Gasteiger partial charge in [-0.15, -0.1) is 0 Å². The van der Waals surface area contributed by atoms with Crippen LogP contribution in [0.1, 0.15) is 15.9 Å². The van der Waals surface area contributed by atoms with Crippen LogP contribution in [0.25, 0.3) is 0 Å². The molecule has 0 atom stereocenters. The third-order valence-electron chi connectivity index (χ3n) is 4.25. The summed E-state index contributed by atoms with van der Waals surface area (Å²) in [7, 11) is -1.25. The van der Waals surface area contributed by atoms with Gasteiger partial charge in [-0.05, 0) is 42.5 Å². The molecular formula is C21H17BrFNO5S. The standard InChI is InChI=1S/C21H17BrFNO5S/c1-28-19-10-8-14(12-20(19)29-2)30(26,27)24-18-9-7-13(22)11-16(18)21(25)15-5-3-4-6-17(15)23/h3-12,24H,1-2H3. The van der Waals surface area contributed by atoms with E-state index in [0.717, 1.165) is 0 Å². The first-order chi connectivity index (χ1) is 14.3. The molecule has 156 valence electrons. The van der Waals surface area contributed by atoms with Crippen molar-refractivity contribution < 1.29 is 27.1 Å². The molecule has 0 amide bonds. The van der Waals surface area contributed by atoms with Gasteiger partial charge in [-0.3, -0.25) is 9.52 Å². The Bertz CT molecular complexity index is 1210. The van der Waals surface area contributed by atoms with Gasteiger partial charge < -0.3 is 9.47 Å². The summed E-state index contributed by atoms with van der Waals surface area (Å²) >= 11 is 3.26. The molecule has 9 heteroatoms. The molecule has 0 aliphatic heterocycles. The van der Waals surface area contributed by atoms with Crippen LogP contribution in [0.3, 0.4) is 0 Å². The summed E-state index contributed by atoms with van der Waals surface area (Å²) in [6.07, 6.45) is 0. The van der Waals surface area contributed by atoms with Crippen molar-refractivity contribution >= 4 is 37.4 Å². The molecule has 0 bridgehead atoms. The summed E-state index contributed by atoms with van der Waals surface area (Å²) in [5.41, 5.74) is -0.151. The molecule has 0 saturated heterocycles. The number of ether oxygens (including phenoxy) is 2. The smallest absolute Gasteiger partial charge is 0.262 e. The second-order valence-electron chi connectivity index (χ2n) is 6.12. The molecule has 1 N–H and O–H groups in total. The van der Waals surface area contributed by atoms with E-state index in [1.54, 1.807) is 6.07 Å². The highest BCUT2D eigenvalue weighted by Gasteiger charge is 2.22. The molecule has 3 aromatic carbocycles. The van der Waals surface area contributed by atoms with Crippen LogP contribution in [0.2, 0.25) is 0 Å². The molecule has 0 aromatic heterocycles. The number of anilines is 1. The van der Waals surface area contributed by atoms with Gasteiger partial charge in [-0.1, -0.05) is 28.1 Å². The number of halogens is 2. The third-order valence-corrected chi connectivity index (χ3v) is 6.11. The molecule has 0 heterocycles. The molecule has 0 radical (unpaired) electrons. The van der Waals surface area contributed by atoms with Crippen molar-refractivity contribution in [3.05, 3.63) is 82.1 Å². The van der Waals surface area contributed by atoms with E-state index in [4.69, 9.17) is 9.47 Å². The average Bonchev–Trinajstić information content (AvgIpc) is 2.74. The number of benzene rings is 3. The summed E-state index contributed by atoms with van der Waals surface area (Å²) in [6, 6.07) is 14.0. The lowest BCUT2D eigenvalue weighted by molar-refractivity contribution is 0.103. The minimum atomic E-state index is -4.08. The van der Waals surface area contributed by atoms with Gasteiger partial charge in [0, 0.05) is 16.1 Å². The number of rotatable bonds is 7. The minimum Gasteiger partial charge on any atom is -0.493 e. The molecule has 0 aliphatic rings. The number of nitrogens with one attached hydrogen (secondary N) is 1. The van der Waals surface area contributed by atoms with Crippen LogP contribution in [-0.2, 0) is 10.0 Å². The van der Waals surface area contributed by atoms with Crippen molar-refractivity contribution in [2.75, 3.05) is 18.9 Å². The van der Waals surface area contributed by atoms with Gasteiger partial charge in [0.1, 0.15) is 5.82 Å². The highest BCUT2D eigenvalue weighted by Crippen LogP contribution is 2.31. The fraction of sp³-hybridized carbons (Fsp3) is 0.0952. The lowest BCUT2D eigenvalue weighted by atomic mass is 10.0. The van der Waals surface area contributed by atoms with Gasteiger partial charge in [-0.25, -0.2) is 12.8 Å². The Morgan fingerprint density at radius 3 is 2.30 bits per heavy atom. The number of hydrogen-bond donors (Lipinski definition) is 1. The maximum Gasteiger partial charge on any atom is 0.262 e. The molecule has 0 fully saturated rings. The molecular weight excluding hydrogens is 477 g/mol. The molecule has 3 rings (SSSR count). The van der Waals surface area contributed by atoms with E-state index < -0.39 is 21.6 Å². The van der Waals surface area contributed by atoms with Crippen molar-refractivity contribution in [2.45, 2.75) is 4.90 Å². The summed E-state index contributed by atoms with van der Waals surface area (Å²) < 4.78 is 53.2. The summed E-state index contributed by atoms with van der Waals surface area (Å²) in [6.45, 7) is 0. The summed E-state index contributed by atoms with van der Waals surface area (Å²) in [4.78, 5) is 12.8. The molecule has 0 unspecified atom stereocenters. The Morgan fingerprint density at radius 1 is 0.933 bits per heavy atom. The van der Waals surface area contributed by atoms with Crippen molar-refractivity contribution in [2.24, 2.45) is 0 Å². The predicted molar refractivity (Wildman–Crippen MR) is 114 cm³/mol. The van der Waals surface area contributed by atoms with Crippen LogP contribution < -0.4 is 14.2 Å². The molecule has 0 saturated carbocycles. The first kappa shape index (κ1) is 21.8. The zero-order valence-corrected chi connectivity index (χ0v) is 18.4. The lowest BCUT2D eigenvalue weighted by Gasteiger charge is -2.14. The maximum atomic E-state index is 14.1. The van der Waals surface area contributed by atoms with E-state index in [9.17, 15) is 17.6 Å². The number of ketones is 1. The zero-order valence-electron chi connectivity index (χ0n) is 16.0. The van der Waals surface area contributed by atoms with E-state index >= 15 is 0 Å². The number of sulfonamides is 1. The molecule has 6 nitrogen and oxygen atoms in total. The molecule has 0 aliphatic carbocycles. The first-order valence-electron chi connectivity index (χ1n) is 8.60. The molecule has 30 heavy (non-hydrogen) atoms. The third kappa shape index (κ3) is 4.47. The van der Waals surface area contributed by atoms with Crippen LogP contribution in [0.5, 0.6) is 11.5 Å². The Labute approximate surface area is 181 Å². The van der Waals surface area contributed by atoms with E-state index in [1.807, 2.05) is 0 Å². The predicted octanol–water partition coefficient (Wildman–Crippen LogP) is 4.64. The number of carbonyl (C=O) groups is 1. The van der Waals surface area contributed by atoms with Crippen molar-refractivity contribution in [3.63, 3.8) is 0 Å². The largest absolute Gasteiger partial charge is 0.493 e. The second kappa shape index (κ2) is 8.85. The monoisotopic (exact) mass is 493 g/mol. The first-order valence-corrected chi connectivity index (χ1v) is 10.9. The Kier molecular flexibility index (Phi) is 6.42. The zero-order chi connectivity index (χ0) is 21.9. The van der Waals surface area contributed by atoms with Gasteiger partial charge >= 0.3 is 0 Å². The van der Waals surface area contributed by atoms with Gasteiger partial charge in [-0.2, -0.15) is 0 Å². The molecule has 0 spiro atoms. The van der Waals surface area contributed by atoms with Crippen LogP contribution in [0, 0.1) is 5.82 Å². The summed E-state index contributed by atoms with van der Waals surface area (Å²) in [5.74, 6) is -0.745. The number of carbonyl (C=O) groups excluding carboxylic acids is 1. The van der Waals surface area contributed by atoms with E-state index in [-0.39, 0.29) is 27.5 Å². The minimum absolute atomic E-state index is 0.00136. The van der Waals surface area contributed by atoms with Crippen molar-refractivity contribution in [1.82, 2.24) is 0 Å². The van der Waals surface area contributed by atoms with Crippen LogP contribution >= 0.6 is 15.9 Å². The van der Waals surface area contributed by atoms with Gasteiger partial charge in [0.05, 0.1) is 30.4 Å². The highest BCUT2D eigenvalue weighted by molar-refractivity contribution is 9.10. The summed E-state index contributed by atoms with van der Waals surface area (Å²) in [5, 5.41) is 0. The van der Waals surface area contributed by atoms with Crippen LogP contribution in [-0.4, -0.2) is 28.4 Å².